The molecule has 1 N–H and O–H groups in total. The summed E-state index contributed by atoms with van der Waals surface area (Å²) in [4.78, 5) is 0. The van der Waals surface area contributed by atoms with Crippen LogP contribution in [0.5, 0.6) is 0 Å². The highest BCUT2D eigenvalue weighted by Crippen LogP contribution is 2.34. The number of nitrogens with zero attached hydrogens (tertiary/aromatic N) is 3. The predicted molar refractivity (Wildman–Crippen MR) is 106 cm³/mol. The van der Waals surface area contributed by atoms with Crippen LogP contribution in [0.2, 0.25) is 0 Å². The first-order chi connectivity index (χ1) is 13.4. The molecule has 1 aromatic heterocycles. The smallest absolute Gasteiger partial charge is 0.129 e. The average Bonchev–Trinajstić information content (AvgIpc) is 3.28. The van der Waals surface area contributed by atoms with Crippen LogP contribution in [0.25, 0.3) is 38.7 Å². The molecule has 4 aromatic carbocycles. The molecule has 1 heterocycles. The summed E-state index contributed by atoms with van der Waals surface area (Å²) in [6, 6.07) is 31.7. The number of H-pyrrole nitrogens is 1. The van der Waals surface area contributed by atoms with Crippen LogP contribution in [0.3, 0.4) is 0 Å². The van der Waals surface area contributed by atoms with Crippen molar-refractivity contribution in [2.24, 2.45) is 0 Å². The summed E-state index contributed by atoms with van der Waals surface area (Å²) in [6.45, 7) is 0. The normalized spacial score (nSPS) is 11.0. The van der Waals surface area contributed by atoms with E-state index < -0.39 is 0 Å². The largest absolute Gasteiger partial charge is 0.293 e. The number of tetrazole rings is 1. The van der Waals surface area contributed by atoms with Gasteiger partial charge in [-0.25, -0.2) is 0 Å². The van der Waals surface area contributed by atoms with E-state index in [1.54, 1.807) is 6.33 Å². The number of hydrogen-bond acceptors (Lipinski definition) is 2. The van der Waals surface area contributed by atoms with Crippen LogP contribution in [-0.4, -0.2) is 15.5 Å². The zero-order valence-electron chi connectivity index (χ0n) is 14.6. The van der Waals surface area contributed by atoms with E-state index in [0.29, 0.717) is 0 Å². The topological polar surface area (TPSA) is 45.5 Å². The molecule has 0 saturated carbocycles. The number of rotatable bonds is 3. The minimum atomic E-state index is 1.02. The van der Waals surface area contributed by atoms with Crippen molar-refractivity contribution in [2.75, 3.05) is 0 Å². The zero-order valence-corrected chi connectivity index (χ0v) is 14.6. The number of nitrogens with one attached hydrogen (secondary N) is 1. The Balaban J connectivity index is 1.83. The van der Waals surface area contributed by atoms with Gasteiger partial charge in [-0.05, 0) is 39.6 Å². The molecular weight excluding hydrogens is 332 g/mol. The van der Waals surface area contributed by atoms with Crippen LogP contribution < -0.4 is 4.68 Å². The third-order valence-electron chi connectivity index (χ3n) is 4.80. The highest BCUT2D eigenvalue weighted by Gasteiger charge is 2.15. The molecule has 4 nitrogen and oxygen atoms in total. The molecule has 0 bridgehead atoms. The first kappa shape index (κ1) is 15.5. The lowest BCUT2D eigenvalue weighted by Crippen LogP contribution is -2.32. The Morgan fingerprint density at radius 3 is 2.04 bits per heavy atom. The molecule has 128 valence electrons. The van der Waals surface area contributed by atoms with E-state index in [4.69, 9.17) is 0 Å². The molecule has 5 rings (SSSR count). The molecule has 0 spiro atoms. The molecule has 5 aromatic rings. The number of aromatic amines is 1. The molecule has 0 atom stereocenters. The highest BCUT2D eigenvalue weighted by atomic mass is 15.5. The van der Waals surface area contributed by atoms with E-state index in [1.807, 2.05) is 16.8 Å². The van der Waals surface area contributed by atoms with Gasteiger partial charge in [0, 0.05) is 5.56 Å². The molecule has 27 heavy (non-hydrogen) atoms. The van der Waals surface area contributed by atoms with Gasteiger partial charge in [0.1, 0.15) is 10.8 Å². The van der Waals surface area contributed by atoms with Crippen LogP contribution in [0, 0.1) is 0 Å². The lowest BCUT2D eigenvalue weighted by Gasteiger charge is -2.12. The molecule has 0 unspecified atom stereocenters. The fraction of sp³-hybridized carbons (Fsp3) is 0. The van der Waals surface area contributed by atoms with Gasteiger partial charge in [0.05, 0.1) is 0 Å². The summed E-state index contributed by atoms with van der Waals surface area (Å²) in [7, 11) is 0. The zero-order chi connectivity index (χ0) is 18.1. The van der Waals surface area contributed by atoms with Gasteiger partial charge in [0.2, 0.25) is 0 Å². The standard InChI is InChI=1S/C23H16N4/c1-3-8-17(9-4-1)20-13-7-12-19-14-22(18-10-5-2-6-11-18)23(15-21(19)20)27-16-24-25-26-27/h1-16H/p+1. The fourth-order valence-electron chi connectivity index (χ4n) is 3.52. The lowest BCUT2D eigenvalue weighted by molar-refractivity contribution is -0.659. The van der Waals surface area contributed by atoms with Gasteiger partial charge in [0.15, 0.2) is 5.21 Å². The minimum Gasteiger partial charge on any atom is -0.129 e. The third-order valence-corrected chi connectivity index (χ3v) is 4.80. The Hall–Kier alpha value is -3.79. The summed E-state index contributed by atoms with van der Waals surface area (Å²) >= 11 is 0. The Bertz CT molecular complexity index is 1200. The van der Waals surface area contributed by atoms with Gasteiger partial charge in [-0.15, -0.1) is 4.68 Å². The summed E-state index contributed by atoms with van der Waals surface area (Å²) in [5.41, 5.74) is 5.71. The van der Waals surface area contributed by atoms with Crippen molar-refractivity contribution in [1.29, 1.82) is 0 Å². The second-order valence-corrected chi connectivity index (χ2v) is 6.43. The fourth-order valence-corrected chi connectivity index (χ4v) is 3.52. The van der Waals surface area contributed by atoms with Crippen molar-refractivity contribution in [2.45, 2.75) is 0 Å². The second-order valence-electron chi connectivity index (χ2n) is 6.43. The summed E-state index contributed by atoms with van der Waals surface area (Å²) < 4.78 is 1.85. The number of hydrogen-bond donors (Lipinski definition) is 1. The highest BCUT2D eigenvalue weighted by molar-refractivity contribution is 6.00. The Morgan fingerprint density at radius 1 is 0.667 bits per heavy atom. The monoisotopic (exact) mass is 349 g/mol. The van der Waals surface area contributed by atoms with Crippen molar-refractivity contribution >= 4 is 10.8 Å². The molecule has 0 amide bonds. The van der Waals surface area contributed by atoms with Gasteiger partial charge in [-0.3, -0.25) is 0 Å². The van der Waals surface area contributed by atoms with Gasteiger partial charge < -0.3 is 0 Å². The number of fused-ring (bicyclic) bond motifs is 1. The first-order valence-electron chi connectivity index (χ1n) is 8.86. The van der Waals surface area contributed by atoms with E-state index in [0.717, 1.165) is 16.8 Å². The predicted octanol–water partition coefficient (Wildman–Crippen LogP) is 4.57. The van der Waals surface area contributed by atoms with Crippen molar-refractivity contribution in [3.8, 4) is 27.9 Å². The molecule has 0 aliphatic rings. The molecule has 0 radical (unpaired) electrons. The lowest BCUT2D eigenvalue weighted by atomic mass is 9.94. The van der Waals surface area contributed by atoms with Crippen LogP contribution in [-0.2, 0) is 0 Å². The quantitative estimate of drug-likeness (QED) is 0.485. The van der Waals surface area contributed by atoms with E-state index in [9.17, 15) is 0 Å². The molecule has 0 fully saturated rings. The van der Waals surface area contributed by atoms with Gasteiger partial charge in [-0.1, -0.05) is 84.1 Å². The Labute approximate surface area is 156 Å². The van der Waals surface area contributed by atoms with Gasteiger partial charge >= 0.3 is 0 Å². The van der Waals surface area contributed by atoms with Crippen molar-refractivity contribution < 1.29 is 4.68 Å². The van der Waals surface area contributed by atoms with Crippen molar-refractivity contribution in [3.63, 3.8) is 0 Å². The van der Waals surface area contributed by atoms with Crippen molar-refractivity contribution in [1.82, 2.24) is 15.5 Å². The maximum atomic E-state index is 3.95. The second kappa shape index (κ2) is 6.50. The number of benzene rings is 4. The number of aromatic nitrogens is 4. The first-order valence-corrected chi connectivity index (χ1v) is 8.86. The van der Waals surface area contributed by atoms with E-state index in [-0.39, 0.29) is 0 Å². The maximum Gasteiger partial charge on any atom is 0.293 e. The van der Waals surface area contributed by atoms with Crippen molar-refractivity contribution in [3.05, 3.63) is 97.3 Å². The maximum absolute atomic E-state index is 3.95. The minimum absolute atomic E-state index is 1.02. The molecule has 0 aliphatic carbocycles. The third kappa shape index (κ3) is 2.77. The molecule has 4 heteroatoms. The van der Waals surface area contributed by atoms with Gasteiger partial charge in [0.25, 0.3) is 6.33 Å². The van der Waals surface area contributed by atoms with Gasteiger partial charge in [-0.2, -0.15) is 0 Å². The molecular formula is C23H17N4+. The molecule has 0 aliphatic heterocycles. The average molecular weight is 349 g/mol. The van der Waals surface area contributed by atoms with E-state index in [2.05, 4.69) is 94.4 Å². The van der Waals surface area contributed by atoms with Crippen LogP contribution in [0.15, 0.2) is 97.3 Å². The Kier molecular flexibility index (Phi) is 3.72. The summed E-state index contributed by atoms with van der Waals surface area (Å²) in [5, 5.41) is 13.2. The van der Waals surface area contributed by atoms with Crippen LogP contribution >= 0.6 is 0 Å². The van der Waals surface area contributed by atoms with E-state index >= 15 is 0 Å². The summed E-state index contributed by atoms with van der Waals surface area (Å²) in [6.07, 6.45) is 1.69. The van der Waals surface area contributed by atoms with E-state index in [1.165, 1.54) is 21.9 Å². The van der Waals surface area contributed by atoms with Crippen LogP contribution in [0.1, 0.15) is 0 Å². The molecule has 0 saturated heterocycles. The summed E-state index contributed by atoms with van der Waals surface area (Å²) in [5.74, 6) is 0. The van der Waals surface area contributed by atoms with Crippen LogP contribution in [0.4, 0.5) is 0 Å². The Morgan fingerprint density at radius 2 is 1.37 bits per heavy atom. The SMILES string of the molecule is c1ccc(-c2cc3cccc(-c4ccccc4)c3cc2-[n+]2cnn[nH]2)cc1.